The number of rotatable bonds is 5. The van der Waals surface area contributed by atoms with Crippen molar-refractivity contribution >= 4 is 5.69 Å². The van der Waals surface area contributed by atoms with E-state index >= 15 is 0 Å². The Morgan fingerprint density at radius 2 is 2.00 bits per heavy atom. The minimum absolute atomic E-state index is 0.341. The Bertz CT molecular complexity index is 624. The lowest BCUT2D eigenvalue weighted by molar-refractivity contribution is 0.185. The zero-order valence-electron chi connectivity index (χ0n) is 12.6. The molecule has 0 spiro atoms. The first kappa shape index (κ1) is 14.0. The van der Waals surface area contributed by atoms with Gasteiger partial charge in [0.25, 0.3) is 0 Å². The van der Waals surface area contributed by atoms with Crippen molar-refractivity contribution in [3.63, 3.8) is 0 Å². The lowest BCUT2D eigenvalue weighted by atomic mass is 10.1. The van der Waals surface area contributed by atoms with Crippen molar-refractivity contribution < 1.29 is 9.47 Å². The second-order valence-corrected chi connectivity index (χ2v) is 5.39. The van der Waals surface area contributed by atoms with E-state index in [1.165, 1.54) is 16.7 Å². The molecule has 110 valence electrons. The molecule has 0 bridgehead atoms. The van der Waals surface area contributed by atoms with Crippen LogP contribution in [0.15, 0.2) is 42.5 Å². The average molecular weight is 283 g/mol. The number of nitrogens with one attached hydrogen (secondary N) is 1. The largest absolute Gasteiger partial charge is 0.497 e. The zero-order chi connectivity index (χ0) is 14.7. The van der Waals surface area contributed by atoms with E-state index in [0.717, 1.165) is 24.3 Å². The lowest BCUT2D eigenvalue weighted by Crippen LogP contribution is -2.09. The molecule has 0 saturated heterocycles. The summed E-state index contributed by atoms with van der Waals surface area (Å²) >= 11 is 0. The first-order chi connectivity index (χ1) is 10.3. The molecular formula is C18H21NO2. The maximum absolute atomic E-state index is 5.35. The van der Waals surface area contributed by atoms with Crippen molar-refractivity contribution in [1.29, 1.82) is 0 Å². The highest BCUT2D eigenvalue weighted by Crippen LogP contribution is 2.36. The summed E-state index contributed by atoms with van der Waals surface area (Å²) in [6.07, 6.45) is 2.23. The molecule has 0 aliphatic heterocycles. The van der Waals surface area contributed by atoms with Crippen molar-refractivity contribution in [2.24, 2.45) is 0 Å². The van der Waals surface area contributed by atoms with Gasteiger partial charge in [-0.1, -0.05) is 24.3 Å². The van der Waals surface area contributed by atoms with Crippen LogP contribution < -0.4 is 10.1 Å². The van der Waals surface area contributed by atoms with Gasteiger partial charge in [-0.25, -0.2) is 0 Å². The fourth-order valence-electron chi connectivity index (χ4n) is 2.99. The lowest BCUT2D eigenvalue weighted by Gasteiger charge is -2.18. The molecule has 0 amide bonds. The van der Waals surface area contributed by atoms with Crippen LogP contribution in [0.2, 0.25) is 0 Å². The summed E-state index contributed by atoms with van der Waals surface area (Å²) in [5, 5.41) is 3.67. The van der Waals surface area contributed by atoms with Crippen molar-refractivity contribution in [3.05, 3.63) is 59.2 Å². The molecule has 1 N–H and O–H groups in total. The zero-order valence-corrected chi connectivity index (χ0v) is 12.6. The van der Waals surface area contributed by atoms with E-state index in [2.05, 4.69) is 35.6 Å². The molecule has 1 unspecified atom stereocenters. The normalized spacial score (nSPS) is 16.6. The van der Waals surface area contributed by atoms with Crippen molar-refractivity contribution in [2.45, 2.75) is 25.5 Å². The van der Waals surface area contributed by atoms with Gasteiger partial charge in [-0.2, -0.15) is 0 Å². The number of methoxy groups -OCH3 is 2. The van der Waals surface area contributed by atoms with Gasteiger partial charge in [0, 0.05) is 18.4 Å². The molecule has 1 aliphatic rings. The Kier molecular flexibility index (Phi) is 4.11. The van der Waals surface area contributed by atoms with Gasteiger partial charge in [0.2, 0.25) is 0 Å². The molecule has 0 radical (unpaired) electrons. The molecule has 0 saturated carbocycles. The minimum atomic E-state index is 0.341. The van der Waals surface area contributed by atoms with Gasteiger partial charge in [0.05, 0.1) is 19.8 Å². The van der Waals surface area contributed by atoms with E-state index in [-0.39, 0.29) is 0 Å². The Morgan fingerprint density at radius 1 is 1.14 bits per heavy atom. The molecular weight excluding hydrogens is 262 g/mol. The van der Waals surface area contributed by atoms with E-state index in [4.69, 9.17) is 9.47 Å². The maximum Gasteiger partial charge on any atom is 0.119 e. The summed E-state index contributed by atoms with van der Waals surface area (Å²) in [7, 11) is 3.44. The third-order valence-corrected chi connectivity index (χ3v) is 4.08. The number of hydrogen-bond donors (Lipinski definition) is 1. The monoisotopic (exact) mass is 283 g/mol. The number of hydrogen-bond acceptors (Lipinski definition) is 3. The van der Waals surface area contributed by atoms with E-state index in [9.17, 15) is 0 Å². The summed E-state index contributed by atoms with van der Waals surface area (Å²) in [6, 6.07) is 15.0. The van der Waals surface area contributed by atoms with Crippen LogP contribution in [-0.2, 0) is 17.8 Å². The quantitative estimate of drug-likeness (QED) is 0.901. The highest BCUT2D eigenvalue weighted by atomic mass is 16.5. The number of ether oxygens (including phenoxy) is 2. The highest BCUT2D eigenvalue weighted by Gasteiger charge is 2.23. The number of benzene rings is 2. The molecule has 3 heteroatoms. The predicted molar refractivity (Wildman–Crippen MR) is 84.8 cm³/mol. The predicted octanol–water partition coefficient (Wildman–Crippen LogP) is 3.94. The van der Waals surface area contributed by atoms with Crippen LogP contribution in [0.5, 0.6) is 5.75 Å². The van der Waals surface area contributed by atoms with Crippen LogP contribution in [0.1, 0.15) is 29.2 Å². The van der Waals surface area contributed by atoms with Crippen LogP contribution in [0.3, 0.4) is 0 Å². The SMILES string of the molecule is COCc1ccccc1NC1CCc2ccc(OC)cc21. The van der Waals surface area contributed by atoms with E-state index in [1.807, 2.05) is 12.1 Å². The maximum atomic E-state index is 5.35. The van der Waals surface area contributed by atoms with Crippen LogP contribution in [0.25, 0.3) is 0 Å². The Morgan fingerprint density at radius 3 is 2.81 bits per heavy atom. The number of aryl methyl sites for hydroxylation is 1. The topological polar surface area (TPSA) is 30.5 Å². The molecule has 21 heavy (non-hydrogen) atoms. The first-order valence-electron chi connectivity index (χ1n) is 7.32. The molecule has 2 aromatic carbocycles. The number of fused-ring (bicyclic) bond motifs is 1. The van der Waals surface area contributed by atoms with Gasteiger partial charge < -0.3 is 14.8 Å². The van der Waals surface area contributed by atoms with Gasteiger partial charge in [-0.05, 0) is 42.2 Å². The Labute approximate surface area is 125 Å². The third-order valence-electron chi connectivity index (χ3n) is 4.08. The molecule has 3 rings (SSSR count). The van der Waals surface area contributed by atoms with Crippen LogP contribution in [0, 0.1) is 0 Å². The van der Waals surface area contributed by atoms with Crippen molar-refractivity contribution in [2.75, 3.05) is 19.5 Å². The molecule has 1 aliphatic carbocycles. The number of para-hydroxylation sites is 1. The van der Waals surface area contributed by atoms with Gasteiger partial charge in [0.15, 0.2) is 0 Å². The molecule has 2 aromatic rings. The van der Waals surface area contributed by atoms with Gasteiger partial charge in [-0.15, -0.1) is 0 Å². The van der Waals surface area contributed by atoms with Crippen LogP contribution in [-0.4, -0.2) is 14.2 Å². The second-order valence-electron chi connectivity index (χ2n) is 5.39. The Balaban J connectivity index is 1.85. The summed E-state index contributed by atoms with van der Waals surface area (Å²) in [4.78, 5) is 0. The van der Waals surface area contributed by atoms with Gasteiger partial charge >= 0.3 is 0 Å². The molecule has 0 aromatic heterocycles. The standard InChI is InChI=1S/C18H21NO2/c1-20-12-14-5-3-4-6-17(14)19-18-10-8-13-7-9-15(21-2)11-16(13)18/h3-7,9,11,18-19H,8,10,12H2,1-2H3. The van der Waals surface area contributed by atoms with Crippen LogP contribution in [0.4, 0.5) is 5.69 Å². The van der Waals surface area contributed by atoms with Crippen molar-refractivity contribution in [3.8, 4) is 5.75 Å². The first-order valence-corrected chi connectivity index (χ1v) is 7.32. The molecule has 3 nitrogen and oxygen atoms in total. The molecule has 1 atom stereocenters. The second kappa shape index (κ2) is 6.19. The minimum Gasteiger partial charge on any atom is -0.497 e. The van der Waals surface area contributed by atoms with Gasteiger partial charge in [-0.3, -0.25) is 0 Å². The third kappa shape index (κ3) is 2.88. The average Bonchev–Trinajstić information content (AvgIpc) is 2.92. The summed E-state index contributed by atoms with van der Waals surface area (Å²) in [5.41, 5.74) is 5.11. The fourth-order valence-corrected chi connectivity index (χ4v) is 2.99. The summed E-state index contributed by atoms with van der Waals surface area (Å²) in [6.45, 7) is 0.626. The highest BCUT2D eigenvalue weighted by molar-refractivity contribution is 5.54. The van der Waals surface area contributed by atoms with E-state index < -0.39 is 0 Å². The fraction of sp³-hybridized carbons (Fsp3) is 0.333. The van der Waals surface area contributed by atoms with Crippen molar-refractivity contribution in [1.82, 2.24) is 0 Å². The summed E-state index contributed by atoms with van der Waals surface area (Å²) < 4.78 is 10.6. The summed E-state index contributed by atoms with van der Waals surface area (Å²) in [5.74, 6) is 0.924. The number of anilines is 1. The van der Waals surface area contributed by atoms with Crippen LogP contribution >= 0.6 is 0 Å². The Hall–Kier alpha value is -2.00. The smallest absolute Gasteiger partial charge is 0.119 e. The van der Waals surface area contributed by atoms with E-state index in [0.29, 0.717) is 12.6 Å². The molecule has 0 heterocycles. The molecule has 0 fully saturated rings. The van der Waals surface area contributed by atoms with E-state index in [1.54, 1.807) is 14.2 Å². The van der Waals surface area contributed by atoms with Gasteiger partial charge in [0.1, 0.15) is 5.75 Å².